The van der Waals surface area contributed by atoms with Crippen LogP contribution in [-0.2, 0) is 0 Å². The Hall–Kier alpha value is -3.41. The predicted octanol–water partition coefficient (Wildman–Crippen LogP) is 3.44. The van der Waals surface area contributed by atoms with Gasteiger partial charge in [0.1, 0.15) is 5.52 Å². The molecule has 2 N–H and O–H groups in total. The zero-order chi connectivity index (χ0) is 22.5. The van der Waals surface area contributed by atoms with Gasteiger partial charge in [0.05, 0.1) is 5.60 Å². The number of ether oxygens (including phenoxy) is 1. The smallest absolute Gasteiger partial charge is 0.390 e. The van der Waals surface area contributed by atoms with Crippen LogP contribution in [0.15, 0.2) is 37.1 Å². The van der Waals surface area contributed by atoms with Crippen molar-refractivity contribution in [2.75, 3.05) is 5.32 Å². The molecule has 0 aliphatic heterocycles. The summed E-state index contributed by atoms with van der Waals surface area (Å²) in [6, 6.07) is 1.57. The first kappa shape index (κ1) is 20.5. The third-order valence-electron chi connectivity index (χ3n) is 5.64. The van der Waals surface area contributed by atoms with Crippen LogP contribution in [0.2, 0.25) is 0 Å². The monoisotopic (exact) mass is 447 g/mol. The van der Waals surface area contributed by atoms with E-state index in [1.807, 2.05) is 0 Å². The van der Waals surface area contributed by atoms with E-state index < -0.39 is 17.8 Å². The molecule has 4 aromatic heterocycles. The Balaban J connectivity index is 1.54. The zero-order valence-electron chi connectivity index (χ0n) is 17.0. The molecule has 0 aromatic carbocycles. The van der Waals surface area contributed by atoms with Gasteiger partial charge in [0.15, 0.2) is 0 Å². The number of hydrogen-bond donors (Lipinski definition) is 2. The van der Waals surface area contributed by atoms with Crippen LogP contribution in [0.5, 0.6) is 5.88 Å². The van der Waals surface area contributed by atoms with Crippen LogP contribution in [0.25, 0.3) is 22.4 Å². The van der Waals surface area contributed by atoms with E-state index >= 15 is 0 Å². The summed E-state index contributed by atoms with van der Waals surface area (Å²) in [6.07, 6.45) is 5.58. The van der Waals surface area contributed by atoms with E-state index in [1.165, 1.54) is 10.7 Å². The second-order valence-corrected chi connectivity index (χ2v) is 8.20. The minimum Gasteiger partial charge on any atom is -0.390 e. The lowest BCUT2D eigenvalue weighted by molar-refractivity contribution is -0.275. The van der Waals surface area contributed by atoms with Gasteiger partial charge in [-0.25, -0.2) is 14.5 Å². The molecule has 4 aromatic rings. The minimum absolute atomic E-state index is 0.0219. The van der Waals surface area contributed by atoms with E-state index in [2.05, 4.69) is 30.1 Å². The zero-order valence-corrected chi connectivity index (χ0v) is 17.0. The van der Waals surface area contributed by atoms with E-state index in [4.69, 9.17) is 0 Å². The lowest BCUT2D eigenvalue weighted by Gasteiger charge is -2.33. The van der Waals surface area contributed by atoms with Crippen LogP contribution in [0.4, 0.5) is 19.1 Å². The van der Waals surface area contributed by atoms with Crippen molar-refractivity contribution in [2.24, 2.45) is 0 Å². The molecule has 32 heavy (non-hydrogen) atoms. The Kier molecular flexibility index (Phi) is 4.69. The summed E-state index contributed by atoms with van der Waals surface area (Å²) in [4.78, 5) is 12.3. The number of anilines is 1. The molecule has 5 rings (SSSR count). The fraction of sp³-hybridized carbons (Fsp3) is 0.400. The van der Waals surface area contributed by atoms with Gasteiger partial charge >= 0.3 is 6.36 Å². The molecule has 0 saturated heterocycles. The molecule has 0 unspecified atom stereocenters. The minimum atomic E-state index is -4.93. The van der Waals surface area contributed by atoms with Gasteiger partial charge < -0.3 is 15.2 Å². The van der Waals surface area contributed by atoms with E-state index in [0.717, 1.165) is 0 Å². The molecule has 168 valence electrons. The number of imidazole rings is 1. The molecule has 1 fully saturated rings. The van der Waals surface area contributed by atoms with Gasteiger partial charge in [-0.15, -0.1) is 18.3 Å². The quantitative estimate of drug-likeness (QED) is 0.494. The fourth-order valence-corrected chi connectivity index (χ4v) is 3.99. The number of nitrogens with one attached hydrogen (secondary N) is 1. The highest BCUT2D eigenvalue weighted by atomic mass is 19.4. The molecule has 0 spiro atoms. The van der Waals surface area contributed by atoms with Crippen LogP contribution in [0.3, 0.4) is 0 Å². The first-order valence-corrected chi connectivity index (χ1v) is 10.1. The summed E-state index contributed by atoms with van der Waals surface area (Å²) in [5.41, 5.74) is 0.338. The number of aromatic nitrogens is 6. The summed E-state index contributed by atoms with van der Waals surface area (Å²) in [6.45, 7) is 1.78. The van der Waals surface area contributed by atoms with Gasteiger partial charge in [-0.05, 0) is 38.7 Å². The third-order valence-corrected chi connectivity index (χ3v) is 5.64. The molecule has 0 atom stereocenters. The Morgan fingerprint density at radius 3 is 2.75 bits per heavy atom. The fourth-order valence-electron chi connectivity index (χ4n) is 3.99. The Bertz CT molecular complexity index is 1270. The van der Waals surface area contributed by atoms with Gasteiger partial charge in [-0.1, -0.05) is 0 Å². The van der Waals surface area contributed by atoms with Crippen molar-refractivity contribution < 1.29 is 23.0 Å². The average molecular weight is 447 g/mol. The van der Waals surface area contributed by atoms with Crippen molar-refractivity contribution in [1.82, 2.24) is 29.0 Å². The normalized spacial score (nSPS) is 21.8. The molecule has 0 bridgehead atoms. The van der Waals surface area contributed by atoms with Gasteiger partial charge in [0, 0.05) is 48.2 Å². The lowest BCUT2D eigenvalue weighted by atomic mass is 9.84. The summed E-state index contributed by atoms with van der Waals surface area (Å²) < 4.78 is 46.8. The largest absolute Gasteiger partial charge is 0.574 e. The van der Waals surface area contributed by atoms with Crippen molar-refractivity contribution in [3.05, 3.63) is 37.1 Å². The predicted molar refractivity (Wildman–Crippen MR) is 108 cm³/mol. The molecule has 1 aliphatic carbocycles. The number of halogens is 3. The number of hydrogen-bond acceptors (Lipinski definition) is 7. The maximum Gasteiger partial charge on any atom is 0.574 e. The third kappa shape index (κ3) is 4.05. The molecular formula is C20H20F3N7O2. The molecule has 0 amide bonds. The molecule has 0 radical (unpaired) electrons. The Morgan fingerprint density at radius 1 is 1.22 bits per heavy atom. The Morgan fingerprint density at radius 2 is 2.00 bits per heavy atom. The lowest BCUT2D eigenvalue weighted by Crippen LogP contribution is -2.36. The topological polar surface area (TPSA) is 102 Å². The first-order chi connectivity index (χ1) is 15.2. The first-order valence-electron chi connectivity index (χ1n) is 10.1. The molecule has 1 aliphatic rings. The summed E-state index contributed by atoms with van der Waals surface area (Å²) in [5, 5.41) is 17.5. The second-order valence-electron chi connectivity index (χ2n) is 8.20. The van der Waals surface area contributed by atoms with E-state index in [-0.39, 0.29) is 17.5 Å². The molecule has 12 heteroatoms. The number of rotatable bonds is 4. The number of fused-ring (bicyclic) bond motifs is 2. The van der Waals surface area contributed by atoms with Crippen molar-refractivity contribution >= 4 is 17.2 Å². The highest BCUT2D eigenvalue weighted by molar-refractivity contribution is 5.84. The highest BCUT2D eigenvalue weighted by Crippen LogP contribution is 2.35. The van der Waals surface area contributed by atoms with Crippen molar-refractivity contribution in [3.8, 4) is 17.0 Å². The van der Waals surface area contributed by atoms with Crippen molar-refractivity contribution in [3.63, 3.8) is 0 Å². The Labute approximate surface area is 179 Å². The molecular weight excluding hydrogens is 427 g/mol. The maximum absolute atomic E-state index is 13.2. The van der Waals surface area contributed by atoms with Gasteiger partial charge in [0.25, 0.3) is 5.88 Å². The van der Waals surface area contributed by atoms with Crippen LogP contribution in [-0.4, -0.2) is 52.1 Å². The van der Waals surface area contributed by atoms with Crippen molar-refractivity contribution in [2.45, 2.75) is 50.6 Å². The second kappa shape index (κ2) is 7.33. The summed E-state index contributed by atoms with van der Waals surface area (Å²) in [7, 11) is 0. The summed E-state index contributed by atoms with van der Waals surface area (Å²) in [5.74, 6) is -0.115. The number of aliphatic hydroxyl groups is 1. The van der Waals surface area contributed by atoms with Crippen molar-refractivity contribution in [1.29, 1.82) is 0 Å². The summed E-state index contributed by atoms with van der Waals surface area (Å²) >= 11 is 0. The van der Waals surface area contributed by atoms with Crippen LogP contribution in [0, 0.1) is 0 Å². The molecule has 1 saturated carbocycles. The number of alkyl halides is 3. The number of nitrogens with zero attached hydrogens (tertiary/aromatic N) is 6. The van der Waals surface area contributed by atoms with E-state index in [0.29, 0.717) is 42.6 Å². The standard InChI is InChI=1S/C20H20F3N7O2/c1-19(31)5-2-13(3-6-19)26-17-27-16(32-20(21,22)23)15-14(4-8-30(15)28-17)12-10-25-18-24-7-9-29(18)11-12/h4,7-11,13,31H,2-3,5-6H2,1H3,(H,26,28)/t13-,19+. The van der Waals surface area contributed by atoms with Gasteiger partial charge in [-0.3, -0.25) is 4.40 Å². The van der Waals surface area contributed by atoms with Crippen LogP contribution >= 0.6 is 0 Å². The molecule has 4 heterocycles. The maximum atomic E-state index is 13.2. The SMILES string of the molecule is C[C@]1(O)CC[C@@H](Nc2nc(OC(F)(F)F)c3c(-c4cnc5nccn5c4)ccn3n2)CC1. The van der Waals surface area contributed by atoms with E-state index in [9.17, 15) is 18.3 Å². The average Bonchev–Trinajstić information content (AvgIpc) is 3.34. The van der Waals surface area contributed by atoms with Gasteiger partial charge in [-0.2, -0.15) is 4.98 Å². The van der Waals surface area contributed by atoms with Crippen LogP contribution < -0.4 is 10.1 Å². The highest BCUT2D eigenvalue weighted by Gasteiger charge is 2.34. The van der Waals surface area contributed by atoms with Crippen LogP contribution in [0.1, 0.15) is 32.6 Å². The van der Waals surface area contributed by atoms with E-state index in [1.54, 1.807) is 42.2 Å². The van der Waals surface area contributed by atoms with Gasteiger partial charge in [0.2, 0.25) is 11.7 Å². The molecule has 9 nitrogen and oxygen atoms in total.